The van der Waals surface area contributed by atoms with Crippen molar-refractivity contribution in [2.75, 3.05) is 26.0 Å². The molecular weight excluding hydrogens is 463 g/mol. The molecule has 0 bridgehead atoms. The average Bonchev–Trinajstić information content (AvgIpc) is 2.77. The maximum atomic E-state index is 12.9. The van der Waals surface area contributed by atoms with Crippen LogP contribution >= 0.6 is 23.2 Å². The molecule has 2 N–H and O–H groups in total. The molecule has 1 heterocycles. The number of hydrogen-bond donors (Lipinski definition) is 2. The summed E-state index contributed by atoms with van der Waals surface area (Å²) in [6.45, 7) is 4.70. The molecule has 174 valence electrons. The number of aryl methyl sites for hydroxylation is 2. The number of carbonyl (C=O) groups is 2. The monoisotopic (exact) mass is 488 g/mol. The number of likely N-dealkylation sites (N-methyl/N-ethyl adjacent to an activating group) is 1. The van der Waals surface area contributed by atoms with Gasteiger partial charge in [-0.3, -0.25) is 9.59 Å². The molecule has 0 atom stereocenters. The molecule has 0 fully saturated rings. The van der Waals surface area contributed by atoms with Gasteiger partial charge < -0.3 is 15.3 Å². The second-order valence-corrected chi connectivity index (χ2v) is 8.45. The molecule has 0 aliphatic rings. The number of benzene rings is 2. The van der Waals surface area contributed by atoms with Crippen LogP contribution in [0.15, 0.2) is 42.6 Å². The van der Waals surface area contributed by atoms with Crippen LogP contribution in [0.1, 0.15) is 27.3 Å². The summed E-state index contributed by atoms with van der Waals surface area (Å²) >= 11 is 12.4. The number of anilines is 1. The van der Waals surface area contributed by atoms with E-state index in [1.165, 1.54) is 5.56 Å². The van der Waals surface area contributed by atoms with Crippen LogP contribution in [0.5, 0.6) is 0 Å². The van der Waals surface area contributed by atoms with Crippen molar-refractivity contribution in [3.8, 4) is 11.3 Å². The third-order valence-corrected chi connectivity index (χ3v) is 5.31. The Hall–Kier alpha value is -3.00. The maximum Gasteiger partial charge on any atom is 0.293 e. The molecule has 1 aromatic heterocycles. The van der Waals surface area contributed by atoms with Crippen LogP contribution < -0.4 is 5.32 Å². The van der Waals surface area contributed by atoms with Crippen molar-refractivity contribution in [1.29, 1.82) is 0 Å². The van der Waals surface area contributed by atoms with E-state index in [1.54, 1.807) is 30.5 Å². The quantitative estimate of drug-likeness (QED) is 0.467. The number of nitrogens with zero attached hydrogens (tertiary/aromatic N) is 3. The standard InChI is InChI=1S/C23H24Cl2N4O.CH2O2/c1-14-11-16(8-10-29(3)4)12-15(2)21(14)28-23(30)22-26-9-7-20(27-22)18-13-17(24)5-6-19(18)25;2-1-3/h5-7,9,11-13H,8,10H2,1-4H3,(H,28,30);1H,(H,2,3). The van der Waals surface area contributed by atoms with E-state index in [4.69, 9.17) is 33.1 Å². The van der Waals surface area contributed by atoms with Gasteiger partial charge in [0.1, 0.15) is 0 Å². The molecular formula is C24H26Cl2N4O3. The first-order chi connectivity index (χ1) is 15.7. The minimum absolute atomic E-state index is 0.0685. The van der Waals surface area contributed by atoms with Gasteiger partial charge in [0.15, 0.2) is 0 Å². The molecule has 0 radical (unpaired) electrons. The van der Waals surface area contributed by atoms with E-state index in [9.17, 15) is 4.79 Å². The maximum absolute atomic E-state index is 12.9. The van der Waals surface area contributed by atoms with Crippen LogP contribution in [0.3, 0.4) is 0 Å². The molecule has 9 heteroatoms. The fourth-order valence-electron chi connectivity index (χ4n) is 3.23. The van der Waals surface area contributed by atoms with E-state index >= 15 is 0 Å². The minimum Gasteiger partial charge on any atom is -0.483 e. The van der Waals surface area contributed by atoms with E-state index in [0.717, 1.165) is 29.8 Å². The number of hydrogen-bond acceptors (Lipinski definition) is 5. The first-order valence-corrected chi connectivity index (χ1v) is 10.8. The van der Waals surface area contributed by atoms with Crippen molar-refractivity contribution >= 4 is 41.3 Å². The van der Waals surface area contributed by atoms with Crippen molar-refractivity contribution < 1.29 is 14.7 Å². The van der Waals surface area contributed by atoms with Gasteiger partial charge in [-0.2, -0.15) is 0 Å². The van der Waals surface area contributed by atoms with Gasteiger partial charge in [0.25, 0.3) is 12.4 Å². The third kappa shape index (κ3) is 7.53. The van der Waals surface area contributed by atoms with E-state index < -0.39 is 0 Å². The van der Waals surface area contributed by atoms with Crippen molar-refractivity contribution in [1.82, 2.24) is 14.9 Å². The van der Waals surface area contributed by atoms with E-state index in [-0.39, 0.29) is 18.2 Å². The Balaban J connectivity index is 0.00000122. The number of rotatable bonds is 6. The van der Waals surface area contributed by atoms with E-state index in [1.807, 2.05) is 13.8 Å². The van der Waals surface area contributed by atoms with Gasteiger partial charge in [0, 0.05) is 29.0 Å². The number of amides is 1. The topological polar surface area (TPSA) is 95.4 Å². The Morgan fingerprint density at radius 3 is 2.36 bits per heavy atom. The van der Waals surface area contributed by atoms with Gasteiger partial charge in [-0.25, -0.2) is 9.97 Å². The lowest BCUT2D eigenvalue weighted by atomic mass is 10.0. The fraction of sp³-hybridized carbons (Fsp3) is 0.250. The lowest BCUT2D eigenvalue weighted by Crippen LogP contribution is -2.18. The molecule has 33 heavy (non-hydrogen) atoms. The summed E-state index contributed by atoms with van der Waals surface area (Å²) in [5.41, 5.74) is 5.22. The molecule has 7 nitrogen and oxygen atoms in total. The molecule has 0 saturated heterocycles. The van der Waals surface area contributed by atoms with Crippen LogP contribution in [-0.2, 0) is 11.2 Å². The Morgan fingerprint density at radius 1 is 1.12 bits per heavy atom. The minimum atomic E-state index is -0.373. The number of halogens is 2. The normalized spacial score (nSPS) is 10.4. The predicted octanol–water partition coefficient (Wildman–Crippen LogP) is 5.12. The highest BCUT2D eigenvalue weighted by molar-refractivity contribution is 6.35. The average molecular weight is 489 g/mol. The Bertz CT molecular complexity index is 1110. The SMILES string of the molecule is Cc1cc(CCN(C)C)cc(C)c1NC(=O)c1nccc(-c2cc(Cl)ccc2Cl)n1.O=CO. The zero-order chi connectivity index (χ0) is 24.5. The summed E-state index contributed by atoms with van der Waals surface area (Å²) in [6.07, 6.45) is 2.49. The highest BCUT2D eigenvalue weighted by Gasteiger charge is 2.15. The third-order valence-electron chi connectivity index (χ3n) is 4.74. The number of nitrogens with one attached hydrogen (secondary N) is 1. The van der Waals surface area contributed by atoms with Crippen LogP contribution in [0.2, 0.25) is 10.0 Å². The van der Waals surface area contributed by atoms with Crippen molar-refractivity contribution in [2.45, 2.75) is 20.3 Å². The molecule has 0 aliphatic heterocycles. The Labute approximate surface area is 203 Å². The smallest absolute Gasteiger partial charge is 0.293 e. The largest absolute Gasteiger partial charge is 0.483 e. The molecule has 0 unspecified atom stereocenters. The summed E-state index contributed by atoms with van der Waals surface area (Å²) in [5.74, 6) is -0.304. The zero-order valence-electron chi connectivity index (χ0n) is 18.9. The fourth-order valence-corrected chi connectivity index (χ4v) is 3.62. The number of aromatic nitrogens is 2. The second-order valence-electron chi connectivity index (χ2n) is 7.61. The molecule has 1 amide bonds. The predicted molar refractivity (Wildman–Crippen MR) is 132 cm³/mol. The lowest BCUT2D eigenvalue weighted by Gasteiger charge is -2.15. The van der Waals surface area contributed by atoms with Crippen LogP contribution in [0.25, 0.3) is 11.3 Å². The summed E-state index contributed by atoms with van der Waals surface area (Å²) in [4.78, 5) is 31.9. The molecule has 2 aromatic carbocycles. The van der Waals surface area contributed by atoms with Gasteiger partial charge in [0.05, 0.1) is 10.7 Å². The summed E-state index contributed by atoms with van der Waals surface area (Å²) in [7, 11) is 4.11. The zero-order valence-corrected chi connectivity index (χ0v) is 20.4. The first kappa shape index (κ1) is 26.3. The number of carboxylic acid groups (broad SMARTS) is 1. The van der Waals surface area contributed by atoms with E-state index in [0.29, 0.717) is 21.3 Å². The molecule has 0 aliphatic carbocycles. The Kier molecular flexibility index (Phi) is 9.78. The highest BCUT2D eigenvalue weighted by atomic mass is 35.5. The Morgan fingerprint density at radius 2 is 1.76 bits per heavy atom. The molecule has 3 aromatic rings. The van der Waals surface area contributed by atoms with Crippen LogP contribution in [-0.4, -0.2) is 53.0 Å². The van der Waals surface area contributed by atoms with Crippen molar-refractivity contribution in [2.24, 2.45) is 0 Å². The van der Waals surface area contributed by atoms with Gasteiger partial charge in [-0.15, -0.1) is 0 Å². The summed E-state index contributed by atoms with van der Waals surface area (Å²) < 4.78 is 0. The van der Waals surface area contributed by atoms with Crippen LogP contribution in [0.4, 0.5) is 5.69 Å². The first-order valence-electron chi connectivity index (χ1n) is 10.1. The molecule has 3 rings (SSSR count). The second kappa shape index (κ2) is 12.3. The van der Waals surface area contributed by atoms with E-state index in [2.05, 4.69) is 46.4 Å². The van der Waals surface area contributed by atoms with Gasteiger partial charge in [0.2, 0.25) is 5.82 Å². The summed E-state index contributed by atoms with van der Waals surface area (Å²) in [6, 6.07) is 11.0. The number of carbonyl (C=O) groups excluding carboxylic acids is 1. The van der Waals surface area contributed by atoms with Crippen molar-refractivity contribution in [3.05, 3.63) is 75.2 Å². The van der Waals surface area contributed by atoms with Crippen molar-refractivity contribution in [3.63, 3.8) is 0 Å². The van der Waals surface area contributed by atoms with Gasteiger partial charge in [-0.1, -0.05) is 35.3 Å². The van der Waals surface area contributed by atoms with Crippen LogP contribution in [0, 0.1) is 13.8 Å². The van der Waals surface area contributed by atoms with Gasteiger partial charge >= 0.3 is 0 Å². The highest BCUT2D eigenvalue weighted by Crippen LogP contribution is 2.29. The summed E-state index contributed by atoms with van der Waals surface area (Å²) in [5, 5.41) is 10.9. The lowest BCUT2D eigenvalue weighted by molar-refractivity contribution is -0.122. The van der Waals surface area contributed by atoms with Gasteiger partial charge in [-0.05, 0) is 75.3 Å². The molecule has 0 saturated carbocycles. The molecule has 0 spiro atoms.